The van der Waals surface area contributed by atoms with Crippen LogP contribution in [0.1, 0.15) is 89.1 Å². The monoisotopic (exact) mass is 722 g/mol. The van der Waals surface area contributed by atoms with Crippen LogP contribution >= 0.6 is 22.6 Å². The van der Waals surface area contributed by atoms with E-state index in [1.165, 1.54) is 23.3 Å². The van der Waals surface area contributed by atoms with Crippen LogP contribution in [0.5, 0.6) is 0 Å². The zero-order chi connectivity index (χ0) is 32.5. The molecule has 0 aliphatic carbocycles. The largest absolute Gasteiger partial charge is 0.368 e. The second-order valence-electron chi connectivity index (χ2n) is 13.8. The minimum atomic E-state index is -0.607. The van der Waals surface area contributed by atoms with Crippen molar-refractivity contribution in [3.8, 4) is 0 Å². The van der Waals surface area contributed by atoms with Crippen LogP contribution < -0.4 is 4.90 Å². The zero-order valence-corrected chi connectivity index (χ0v) is 29.7. The van der Waals surface area contributed by atoms with E-state index in [4.69, 9.17) is 0 Å². The van der Waals surface area contributed by atoms with Crippen LogP contribution in [0.4, 0.5) is 14.5 Å². The number of nitrogens with zero attached hydrogens (tertiary/aromatic N) is 4. The molecule has 3 atom stereocenters. The summed E-state index contributed by atoms with van der Waals surface area (Å²) in [5, 5.41) is 0. The van der Waals surface area contributed by atoms with E-state index in [1.54, 1.807) is 6.92 Å². The molecule has 2 fully saturated rings. The molecule has 2 aliphatic rings. The van der Waals surface area contributed by atoms with E-state index in [9.17, 15) is 14.0 Å². The quantitative estimate of drug-likeness (QED) is 0.227. The van der Waals surface area contributed by atoms with Crippen molar-refractivity contribution in [2.24, 2.45) is 5.92 Å². The summed E-state index contributed by atoms with van der Waals surface area (Å²) in [6.45, 7) is 20.1. The van der Waals surface area contributed by atoms with E-state index in [-0.39, 0.29) is 41.3 Å². The van der Waals surface area contributed by atoms with Gasteiger partial charge in [0, 0.05) is 79.2 Å². The van der Waals surface area contributed by atoms with Crippen molar-refractivity contribution in [2.45, 2.75) is 89.8 Å². The maximum atomic E-state index is 15.1. The fraction of sp³-hybridized carbons (Fsp3) is 0.600. The fourth-order valence-corrected chi connectivity index (χ4v) is 7.95. The smallest absolute Gasteiger partial charge is 0.226 e. The number of aryl methyl sites for hydroxylation is 1. The normalized spacial score (nSPS) is 20.6. The third-order valence-corrected chi connectivity index (χ3v) is 10.4. The average molecular weight is 723 g/mol. The molecule has 2 amide bonds. The minimum absolute atomic E-state index is 0.0501. The van der Waals surface area contributed by atoms with Crippen LogP contribution in [0.3, 0.4) is 0 Å². The number of alkyl halides is 1. The molecule has 0 radical (unpaired) electrons. The Balaban J connectivity index is 1.57. The second-order valence-corrected chi connectivity index (χ2v) is 14.5. The molecular weight excluding hydrogens is 673 g/mol. The van der Waals surface area contributed by atoms with Crippen LogP contribution in [0.25, 0.3) is 0 Å². The molecule has 9 heteroatoms. The molecule has 0 aromatic heterocycles. The van der Waals surface area contributed by atoms with E-state index in [0.717, 1.165) is 28.3 Å². The van der Waals surface area contributed by atoms with Crippen molar-refractivity contribution >= 4 is 40.1 Å². The summed E-state index contributed by atoms with van der Waals surface area (Å²) < 4.78 is 29.8. The van der Waals surface area contributed by atoms with E-state index in [2.05, 4.69) is 79.1 Å². The number of likely N-dealkylation sites (tertiary alicyclic amines) is 1. The van der Waals surface area contributed by atoms with Crippen molar-refractivity contribution < 1.29 is 18.4 Å². The summed E-state index contributed by atoms with van der Waals surface area (Å²) in [5.74, 6) is -1.80. The Morgan fingerprint density at radius 3 is 2.23 bits per heavy atom. The van der Waals surface area contributed by atoms with Crippen molar-refractivity contribution in [3.63, 3.8) is 0 Å². The summed E-state index contributed by atoms with van der Waals surface area (Å²) in [7, 11) is 0. The molecular formula is C35H49F2IN4O2. The molecule has 0 bridgehead atoms. The van der Waals surface area contributed by atoms with Gasteiger partial charge >= 0.3 is 0 Å². The van der Waals surface area contributed by atoms with Gasteiger partial charge in [0.25, 0.3) is 0 Å². The van der Waals surface area contributed by atoms with Gasteiger partial charge in [0.1, 0.15) is 11.6 Å². The second kappa shape index (κ2) is 14.0. The molecule has 0 N–H and O–H groups in total. The van der Waals surface area contributed by atoms with E-state index in [1.807, 2.05) is 23.6 Å². The van der Waals surface area contributed by atoms with Crippen LogP contribution in [-0.4, -0.2) is 77.4 Å². The van der Waals surface area contributed by atoms with Crippen LogP contribution in [-0.2, 0) is 14.0 Å². The molecule has 2 aromatic carbocycles. The molecule has 0 spiro atoms. The Morgan fingerprint density at radius 1 is 1.02 bits per heavy atom. The Labute approximate surface area is 276 Å². The number of anilines is 1. The first kappa shape index (κ1) is 34.6. The summed E-state index contributed by atoms with van der Waals surface area (Å²) in [5.41, 5.74) is 5.03. The zero-order valence-electron chi connectivity index (χ0n) is 27.6. The lowest BCUT2D eigenvalue weighted by molar-refractivity contribution is -0.139. The van der Waals surface area contributed by atoms with Gasteiger partial charge in [-0.3, -0.25) is 14.5 Å². The maximum Gasteiger partial charge on any atom is 0.226 e. The topological polar surface area (TPSA) is 47.1 Å². The first-order chi connectivity index (χ1) is 20.6. The average Bonchev–Trinajstić information content (AvgIpc) is 2.95. The molecule has 2 saturated heterocycles. The predicted octanol–water partition coefficient (Wildman–Crippen LogP) is 7.08. The standard InChI is InChI=1S/C35H49F2IN4O2/c1-22(2)42(25(5)43)24(4)30-17-23(3)26(20-38)18-33(30)39-13-15-40(16-14-39)34(44)29-11-12-41(35(6,7)8)21-31(29)28-10-9-27(36)19-32(28)37/h9-10,17-19,22,24,29,31H,11-16,20-21H2,1-8H3/t24?,29-,31+/m1/s1. The molecule has 0 saturated carbocycles. The Morgan fingerprint density at radius 2 is 1.68 bits per heavy atom. The van der Waals surface area contributed by atoms with Crippen molar-refractivity contribution in [2.75, 3.05) is 44.2 Å². The molecule has 6 nitrogen and oxygen atoms in total. The highest BCUT2D eigenvalue weighted by molar-refractivity contribution is 14.1. The fourth-order valence-electron chi connectivity index (χ4n) is 7.12. The lowest BCUT2D eigenvalue weighted by Gasteiger charge is -2.46. The molecule has 242 valence electrons. The number of benzene rings is 2. The summed E-state index contributed by atoms with van der Waals surface area (Å²) >= 11 is 2.40. The van der Waals surface area contributed by atoms with Gasteiger partial charge in [-0.05, 0) is 95.8 Å². The third kappa shape index (κ3) is 7.40. The van der Waals surface area contributed by atoms with Crippen LogP contribution in [0, 0.1) is 24.5 Å². The van der Waals surface area contributed by atoms with Crippen molar-refractivity contribution in [3.05, 3.63) is 64.2 Å². The highest BCUT2D eigenvalue weighted by Gasteiger charge is 2.41. The van der Waals surface area contributed by atoms with Crippen molar-refractivity contribution in [1.29, 1.82) is 0 Å². The van der Waals surface area contributed by atoms with Gasteiger partial charge < -0.3 is 14.7 Å². The number of piperazine rings is 1. The van der Waals surface area contributed by atoms with E-state index < -0.39 is 11.6 Å². The highest BCUT2D eigenvalue weighted by Crippen LogP contribution is 2.39. The number of hydrogen-bond acceptors (Lipinski definition) is 4. The van der Waals surface area contributed by atoms with Crippen LogP contribution in [0.15, 0.2) is 30.3 Å². The van der Waals surface area contributed by atoms with Gasteiger partial charge in [0.2, 0.25) is 11.8 Å². The summed E-state index contributed by atoms with van der Waals surface area (Å²) in [6, 6.07) is 8.22. The van der Waals surface area contributed by atoms with Crippen molar-refractivity contribution in [1.82, 2.24) is 14.7 Å². The molecule has 4 rings (SSSR count). The minimum Gasteiger partial charge on any atom is -0.368 e. The number of carbonyl (C=O) groups excluding carboxylic acids is 2. The number of carbonyl (C=O) groups is 2. The third-order valence-electron chi connectivity index (χ3n) is 9.59. The Hall–Kier alpha value is -2.27. The number of rotatable bonds is 7. The summed E-state index contributed by atoms with van der Waals surface area (Å²) in [6.07, 6.45) is 0.631. The van der Waals surface area contributed by atoms with E-state index >= 15 is 4.39 Å². The highest BCUT2D eigenvalue weighted by atomic mass is 127. The Kier molecular flexibility index (Phi) is 11.0. The van der Waals surface area contributed by atoms with Gasteiger partial charge in [-0.2, -0.15) is 0 Å². The first-order valence-corrected chi connectivity index (χ1v) is 17.4. The Bertz CT molecular complexity index is 1350. The van der Waals surface area contributed by atoms with Gasteiger partial charge in [0.05, 0.1) is 6.04 Å². The number of hydrogen-bond donors (Lipinski definition) is 0. The lowest BCUT2D eigenvalue weighted by atomic mass is 9.78. The molecule has 2 heterocycles. The molecule has 2 aromatic rings. The van der Waals surface area contributed by atoms with Crippen LogP contribution in [0.2, 0.25) is 0 Å². The van der Waals surface area contributed by atoms with Gasteiger partial charge in [-0.15, -0.1) is 0 Å². The molecule has 1 unspecified atom stereocenters. The van der Waals surface area contributed by atoms with Gasteiger partial charge in [0.15, 0.2) is 0 Å². The SMILES string of the molecule is CC(=O)N(C(C)C)C(C)c1cc(C)c(CI)cc1N1CCN(C(=O)[C@@H]2CCN(C(C)(C)C)C[C@H]2c2ccc(F)cc2F)CC1. The number of amides is 2. The number of piperidine rings is 1. The van der Waals surface area contributed by atoms with E-state index in [0.29, 0.717) is 44.7 Å². The van der Waals surface area contributed by atoms with Gasteiger partial charge in [-0.1, -0.05) is 34.7 Å². The molecule has 2 aliphatic heterocycles. The number of halogens is 3. The first-order valence-electron chi connectivity index (χ1n) is 15.9. The summed E-state index contributed by atoms with van der Waals surface area (Å²) in [4.78, 5) is 35.3. The van der Waals surface area contributed by atoms with Gasteiger partial charge in [-0.25, -0.2) is 8.78 Å². The maximum absolute atomic E-state index is 15.1. The molecule has 44 heavy (non-hydrogen) atoms. The predicted molar refractivity (Wildman–Crippen MR) is 182 cm³/mol. The lowest BCUT2D eigenvalue weighted by Crippen LogP contribution is -2.55.